The number of nitrogen functional groups attached to an aromatic ring is 1. The second-order valence-electron chi connectivity index (χ2n) is 10.1. The molecule has 3 nitrogen and oxygen atoms in total. The Hall–Kier alpha value is -2.81. The van der Waals surface area contributed by atoms with Crippen LogP contribution in [0.3, 0.4) is 0 Å². The van der Waals surface area contributed by atoms with Gasteiger partial charge < -0.3 is 10.6 Å². The average molecular weight is 441 g/mol. The van der Waals surface area contributed by atoms with Gasteiger partial charge in [0, 0.05) is 22.9 Å². The van der Waals surface area contributed by atoms with Crippen molar-refractivity contribution in [3.05, 3.63) is 71.8 Å². The molecule has 0 aromatic heterocycles. The molecular formula is C30H36N2O. The van der Waals surface area contributed by atoms with Crippen molar-refractivity contribution < 1.29 is 4.79 Å². The molecule has 33 heavy (non-hydrogen) atoms. The fourth-order valence-corrected chi connectivity index (χ4v) is 6.30. The number of amides is 1. The van der Waals surface area contributed by atoms with Crippen molar-refractivity contribution >= 4 is 28.9 Å². The number of benzene rings is 2. The lowest BCUT2D eigenvalue weighted by Gasteiger charge is -2.30. The Kier molecular flexibility index (Phi) is 6.66. The lowest BCUT2D eigenvalue weighted by atomic mass is 9.77. The van der Waals surface area contributed by atoms with E-state index in [0.717, 1.165) is 52.8 Å². The van der Waals surface area contributed by atoms with Crippen LogP contribution in [0.4, 0.5) is 11.4 Å². The van der Waals surface area contributed by atoms with Gasteiger partial charge in [0.25, 0.3) is 5.91 Å². The third-order valence-corrected chi connectivity index (χ3v) is 8.06. The van der Waals surface area contributed by atoms with E-state index in [9.17, 15) is 4.79 Å². The van der Waals surface area contributed by atoms with Crippen LogP contribution in [0.15, 0.2) is 60.7 Å². The molecule has 1 heterocycles. The largest absolute Gasteiger partial charge is 0.399 e. The van der Waals surface area contributed by atoms with Crippen LogP contribution in [0.25, 0.3) is 11.6 Å². The van der Waals surface area contributed by atoms with Gasteiger partial charge in [-0.2, -0.15) is 0 Å². The molecule has 1 amide bonds. The van der Waals surface area contributed by atoms with E-state index in [2.05, 4.69) is 23.1 Å². The molecule has 3 aliphatic rings. The summed E-state index contributed by atoms with van der Waals surface area (Å²) in [6.07, 6.45) is 19.2. The standard InChI is InChI=1S/C30H36N2O/c31-25-19-16-22(17-20-25)8-6-14-28-27-13-4-5-15-29(27)32(30(28)33)26-12-7-11-24(18-21-26)23-9-2-1-3-10-23/h4-6,8,13-17,19-20,23-24,26H,1-3,7,9-12,18,21,31H2/b8-6+,28-14+/t24-,26?/m0/s1. The number of carbonyl (C=O) groups is 1. The van der Waals surface area contributed by atoms with Crippen LogP contribution in [0.2, 0.25) is 0 Å². The quantitative estimate of drug-likeness (QED) is 0.309. The predicted molar refractivity (Wildman–Crippen MR) is 139 cm³/mol. The van der Waals surface area contributed by atoms with Crippen LogP contribution in [-0.2, 0) is 4.79 Å². The van der Waals surface area contributed by atoms with Crippen LogP contribution in [0, 0.1) is 11.8 Å². The van der Waals surface area contributed by atoms with Crippen LogP contribution in [0.5, 0.6) is 0 Å². The van der Waals surface area contributed by atoms with Gasteiger partial charge in [-0.1, -0.05) is 87.4 Å². The monoisotopic (exact) mass is 440 g/mol. The number of fused-ring (bicyclic) bond motifs is 1. The minimum absolute atomic E-state index is 0.166. The van der Waals surface area contributed by atoms with Gasteiger partial charge in [-0.3, -0.25) is 4.79 Å². The summed E-state index contributed by atoms with van der Waals surface area (Å²) in [6.45, 7) is 0. The van der Waals surface area contributed by atoms with E-state index in [1.54, 1.807) is 0 Å². The third kappa shape index (κ3) is 4.78. The molecule has 1 unspecified atom stereocenters. The maximum Gasteiger partial charge on any atom is 0.259 e. The van der Waals surface area contributed by atoms with E-state index >= 15 is 0 Å². The lowest BCUT2D eigenvalue weighted by molar-refractivity contribution is -0.113. The summed E-state index contributed by atoms with van der Waals surface area (Å²) in [6, 6.07) is 16.4. The smallest absolute Gasteiger partial charge is 0.259 e. The van der Waals surface area contributed by atoms with Crippen LogP contribution in [-0.4, -0.2) is 11.9 Å². The molecule has 3 heteroatoms. The summed E-state index contributed by atoms with van der Waals surface area (Å²) < 4.78 is 0. The van der Waals surface area contributed by atoms with Gasteiger partial charge in [0.2, 0.25) is 0 Å². The highest BCUT2D eigenvalue weighted by atomic mass is 16.2. The van der Waals surface area contributed by atoms with Gasteiger partial charge in [0.15, 0.2) is 0 Å². The molecule has 0 radical (unpaired) electrons. The Balaban J connectivity index is 1.34. The van der Waals surface area contributed by atoms with Gasteiger partial charge in [-0.25, -0.2) is 0 Å². The van der Waals surface area contributed by atoms with Crippen molar-refractivity contribution in [3.8, 4) is 0 Å². The summed E-state index contributed by atoms with van der Waals surface area (Å²) in [4.78, 5) is 15.8. The van der Waals surface area contributed by atoms with Gasteiger partial charge in [0.1, 0.15) is 0 Å². The number of hydrogen-bond acceptors (Lipinski definition) is 2. The molecule has 2 aliphatic carbocycles. The molecule has 2 aromatic carbocycles. The second-order valence-corrected chi connectivity index (χ2v) is 10.1. The van der Waals surface area contributed by atoms with Gasteiger partial charge in [-0.05, 0) is 60.9 Å². The molecule has 2 fully saturated rings. The van der Waals surface area contributed by atoms with E-state index < -0.39 is 0 Å². The maximum atomic E-state index is 13.7. The lowest BCUT2D eigenvalue weighted by Crippen LogP contribution is -2.37. The number of para-hydroxylation sites is 1. The maximum absolute atomic E-state index is 13.7. The SMILES string of the molecule is Nc1ccc(/C=C/C=C2/C(=O)N(C3CCC[C@H](C4CCCCC4)CC3)c3ccccc32)cc1. The molecule has 2 atom stereocenters. The molecular weight excluding hydrogens is 404 g/mol. The topological polar surface area (TPSA) is 46.3 Å². The zero-order valence-electron chi connectivity index (χ0n) is 19.6. The summed E-state index contributed by atoms with van der Waals surface area (Å²) in [5, 5.41) is 0. The van der Waals surface area contributed by atoms with Gasteiger partial charge >= 0.3 is 0 Å². The molecule has 1 aliphatic heterocycles. The Morgan fingerprint density at radius 2 is 1.52 bits per heavy atom. The minimum atomic E-state index is 0.166. The first kappa shape index (κ1) is 22.0. The van der Waals surface area contributed by atoms with E-state index in [-0.39, 0.29) is 5.91 Å². The number of nitrogens with zero attached hydrogens (tertiary/aromatic N) is 1. The number of hydrogen-bond donors (Lipinski definition) is 1. The first-order valence-corrected chi connectivity index (χ1v) is 12.9. The molecule has 0 saturated heterocycles. The van der Waals surface area contributed by atoms with E-state index in [1.165, 1.54) is 51.4 Å². The number of nitrogens with two attached hydrogens (primary N) is 1. The predicted octanol–water partition coefficient (Wildman–Crippen LogP) is 7.24. The number of rotatable bonds is 4. The van der Waals surface area contributed by atoms with Crippen molar-refractivity contribution in [2.75, 3.05) is 10.6 Å². The van der Waals surface area contributed by atoms with Gasteiger partial charge in [0.05, 0.1) is 5.69 Å². The average Bonchev–Trinajstić information content (AvgIpc) is 2.98. The van der Waals surface area contributed by atoms with Crippen molar-refractivity contribution in [3.63, 3.8) is 0 Å². The molecule has 2 aromatic rings. The summed E-state index contributed by atoms with van der Waals surface area (Å²) in [5.41, 5.74) is 10.6. The Bertz CT molecular complexity index is 1030. The van der Waals surface area contributed by atoms with Crippen molar-refractivity contribution in [1.29, 1.82) is 0 Å². The highest BCUT2D eigenvalue weighted by Crippen LogP contribution is 2.43. The summed E-state index contributed by atoms with van der Waals surface area (Å²) in [5.74, 6) is 1.95. The Morgan fingerprint density at radius 1 is 0.788 bits per heavy atom. The van der Waals surface area contributed by atoms with E-state index in [4.69, 9.17) is 5.73 Å². The fraction of sp³-hybridized carbons (Fsp3) is 0.433. The molecule has 2 N–H and O–H groups in total. The summed E-state index contributed by atoms with van der Waals surface area (Å²) >= 11 is 0. The zero-order chi connectivity index (χ0) is 22.6. The Labute approximate surface area is 198 Å². The highest BCUT2D eigenvalue weighted by Gasteiger charge is 2.38. The van der Waals surface area contributed by atoms with Crippen LogP contribution in [0.1, 0.15) is 75.3 Å². The van der Waals surface area contributed by atoms with E-state index in [0.29, 0.717) is 6.04 Å². The number of allylic oxidation sites excluding steroid dienone is 2. The van der Waals surface area contributed by atoms with Crippen molar-refractivity contribution in [2.24, 2.45) is 11.8 Å². The Morgan fingerprint density at radius 3 is 2.33 bits per heavy atom. The second kappa shape index (κ2) is 9.99. The number of anilines is 2. The molecule has 172 valence electrons. The van der Waals surface area contributed by atoms with E-state index in [1.807, 2.05) is 48.6 Å². The molecule has 0 spiro atoms. The third-order valence-electron chi connectivity index (χ3n) is 8.06. The zero-order valence-corrected chi connectivity index (χ0v) is 19.6. The molecule has 2 saturated carbocycles. The molecule has 5 rings (SSSR count). The first-order chi connectivity index (χ1) is 16.2. The van der Waals surface area contributed by atoms with Crippen LogP contribution < -0.4 is 10.6 Å². The highest BCUT2D eigenvalue weighted by molar-refractivity contribution is 6.33. The van der Waals surface area contributed by atoms with Crippen molar-refractivity contribution in [1.82, 2.24) is 0 Å². The minimum Gasteiger partial charge on any atom is -0.399 e. The first-order valence-electron chi connectivity index (χ1n) is 12.9. The molecule has 0 bridgehead atoms. The summed E-state index contributed by atoms with van der Waals surface area (Å²) in [7, 11) is 0. The van der Waals surface area contributed by atoms with Gasteiger partial charge in [-0.15, -0.1) is 0 Å². The number of carbonyl (C=O) groups excluding carboxylic acids is 1. The fourth-order valence-electron chi connectivity index (χ4n) is 6.30. The van der Waals surface area contributed by atoms with Crippen molar-refractivity contribution in [2.45, 2.75) is 70.3 Å². The van der Waals surface area contributed by atoms with Crippen LogP contribution >= 0.6 is 0 Å². The normalized spacial score (nSPS) is 25.5.